The predicted molar refractivity (Wildman–Crippen MR) is 52.2 cm³/mol. The minimum atomic E-state index is -0.467. The van der Waals surface area contributed by atoms with Crippen molar-refractivity contribution >= 4 is 22.6 Å². The average Bonchev–Trinajstić information content (AvgIpc) is 2.48. The molecule has 0 aliphatic heterocycles. The number of rotatable bonds is 2. The fourth-order valence-electron chi connectivity index (χ4n) is 1.19. The smallest absolute Gasteiger partial charge is 0.294 e. The van der Waals surface area contributed by atoms with Crippen LogP contribution in [0.4, 0.5) is 4.39 Å². The molecule has 1 heterocycles. The maximum absolute atomic E-state index is 13.0. The number of halogens is 2. The lowest BCUT2D eigenvalue weighted by atomic mass is 10.3. The number of ether oxygens (including phenoxy) is 1. The van der Waals surface area contributed by atoms with Crippen LogP contribution in [0.3, 0.4) is 0 Å². The number of nitrogens with one attached hydrogen (secondary N) is 1. The summed E-state index contributed by atoms with van der Waals surface area (Å²) in [7, 11) is 0. The molecule has 0 amide bonds. The van der Waals surface area contributed by atoms with Crippen LogP contribution >= 0.6 is 11.6 Å². The van der Waals surface area contributed by atoms with E-state index in [1.165, 1.54) is 12.1 Å². The number of fused-ring (bicyclic) bond motifs is 1. The van der Waals surface area contributed by atoms with Crippen LogP contribution in [0, 0.1) is 5.82 Å². The lowest BCUT2D eigenvalue weighted by Gasteiger charge is -1.93. The molecule has 0 aliphatic carbocycles. The second kappa shape index (κ2) is 3.46. The van der Waals surface area contributed by atoms with E-state index in [0.29, 0.717) is 23.7 Å². The van der Waals surface area contributed by atoms with Gasteiger partial charge in [-0.15, -0.1) is 0 Å². The molecular formula is C9H8ClFN2O. The SMILES string of the molecule is CCOc1nc2cc(Cl)c(F)cc2[nH]1. The van der Waals surface area contributed by atoms with E-state index < -0.39 is 5.82 Å². The Morgan fingerprint density at radius 3 is 3.07 bits per heavy atom. The number of aromatic amines is 1. The van der Waals surface area contributed by atoms with Crippen LogP contribution < -0.4 is 4.74 Å². The minimum absolute atomic E-state index is 0.0621. The van der Waals surface area contributed by atoms with Crippen LogP contribution in [0.5, 0.6) is 6.01 Å². The zero-order valence-corrected chi connectivity index (χ0v) is 8.23. The molecule has 0 atom stereocenters. The highest BCUT2D eigenvalue weighted by molar-refractivity contribution is 6.31. The van der Waals surface area contributed by atoms with Gasteiger partial charge in [0.25, 0.3) is 6.01 Å². The van der Waals surface area contributed by atoms with Gasteiger partial charge < -0.3 is 9.72 Å². The van der Waals surface area contributed by atoms with Gasteiger partial charge in [-0.05, 0) is 13.0 Å². The Kier molecular flexibility index (Phi) is 2.29. The molecule has 2 rings (SSSR count). The molecule has 1 aromatic heterocycles. The number of H-pyrrole nitrogens is 1. The Morgan fingerprint density at radius 2 is 2.36 bits per heavy atom. The third-order valence-corrected chi connectivity index (χ3v) is 2.07. The molecule has 0 saturated carbocycles. The molecule has 74 valence electrons. The van der Waals surface area contributed by atoms with Gasteiger partial charge in [0.2, 0.25) is 0 Å². The van der Waals surface area contributed by atoms with Gasteiger partial charge in [-0.2, -0.15) is 4.98 Å². The molecule has 0 bridgehead atoms. The highest BCUT2D eigenvalue weighted by Gasteiger charge is 2.07. The van der Waals surface area contributed by atoms with Crippen LogP contribution in [0.15, 0.2) is 12.1 Å². The van der Waals surface area contributed by atoms with E-state index in [4.69, 9.17) is 16.3 Å². The summed E-state index contributed by atoms with van der Waals surface area (Å²) in [6.07, 6.45) is 0. The molecule has 5 heteroatoms. The highest BCUT2D eigenvalue weighted by atomic mass is 35.5. The molecule has 0 saturated heterocycles. The molecule has 1 N–H and O–H groups in total. The van der Waals surface area contributed by atoms with Crippen molar-refractivity contribution < 1.29 is 9.13 Å². The molecule has 1 aromatic carbocycles. The summed E-state index contributed by atoms with van der Waals surface area (Å²) in [5.41, 5.74) is 1.18. The fourth-order valence-corrected chi connectivity index (χ4v) is 1.34. The third kappa shape index (κ3) is 1.53. The van der Waals surface area contributed by atoms with Crippen LogP contribution in [-0.4, -0.2) is 16.6 Å². The van der Waals surface area contributed by atoms with Crippen LogP contribution in [0.2, 0.25) is 5.02 Å². The van der Waals surface area contributed by atoms with Gasteiger partial charge in [0, 0.05) is 6.07 Å². The van der Waals surface area contributed by atoms with Crippen molar-refractivity contribution in [2.45, 2.75) is 6.92 Å². The van der Waals surface area contributed by atoms with Crippen molar-refractivity contribution in [3.8, 4) is 6.01 Å². The highest BCUT2D eigenvalue weighted by Crippen LogP contribution is 2.23. The van der Waals surface area contributed by atoms with E-state index in [1.807, 2.05) is 6.92 Å². The van der Waals surface area contributed by atoms with Crippen LogP contribution in [-0.2, 0) is 0 Å². The van der Waals surface area contributed by atoms with Gasteiger partial charge in [0.15, 0.2) is 0 Å². The van der Waals surface area contributed by atoms with E-state index in [-0.39, 0.29) is 5.02 Å². The summed E-state index contributed by atoms with van der Waals surface area (Å²) in [5, 5.41) is 0.0621. The van der Waals surface area contributed by atoms with Gasteiger partial charge >= 0.3 is 0 Å². The maximum atomic E-state index is 13.0. The second-order valence-corrected chi connectivity index (χ2v) is 3.17. The van der Waals surface area contributed by atoms with E-state index in [9.17, 15) is 4.39 Å². The predicted octanol–water partition coefficient (Wildman–Crippen LogP) is 2.75. The molecule has 0 aliphatic rings. The zero-order valence-electron chi connectivity index (χ0n) is 7.47. The minimum Gasteiger partial charge on any atom is -0.465 e. The van der Waals surface area contributed by atoms with E-state index in [2.05, 4.69) is 9.97 Å². The first-order valence-corrected chi connectivity index (χ1v) is 4.56. The summed E-state index contributed by atoms with van der Waals surface area (Å²) in [4.78, 5) is 6.91. The molecule has 0 radical (unpaired) electrons. The Labute approximate surface area is 84.9 Å². The Hall–Kier alpha value is -1.29. The van der Waals surface area contributed by atoms with Gasteiger partial charge in [-0.3, -0.25) is 0 Å². The zero-order chi connectivity index (χ0) is 10.1. The van der Waals surface area contributed by atoms with Crippen molar-refractivity contribution in [3.05, 3.63) is 23.0 Å². The van der Waals surface area contributed by atoms with Gasteiger partial charge in [-0.25, -0.2) is 4.39 Å². The molecule has 0 unspecified atom stereocenters. The molecule has 0 spiro atoms. The summed E-state index contributed by atoms with van der Waals surface area (Å²) >= 11 is 5.60. The van der Waals surface area contributed by atoms with Gasteiger partial charge in [-0.1, -0.05) is 11.6 Å². The van der Waals surface area contributed by atoms with Crippen molar-refractivity contribution in [2.24, 2.45) is 0 Å². The Bertz CT molecular complexity index is 430. The summed E-state index contributed by atoms with van der Waals surface area (Å²) in [6, 6.07) is 3.14. The number of hydrogen-bond donors (Lipinski definition) is 1. The van der Waals surface area contributed by atoms with Gasteiger partial charge in [0.05, 0.1) is 22.7 Å². The van der Waals surface area contributed by atoms with Crippen LogP contribution in [0.25, 0.3) is 11.0 Å². The second-order valence-electron chi connectivity index (χ2n) is 2.76. The molecule has 3 nitrogen and oxygen atoms in total. The van der Waals surface area contributed by atoms with E-state index >= 15 is 0 Å². The molecule has 2 aromatic rings. The first-order chi connectivity index (χ1) is 6.70. The standard InChI is InChI=1S/C9H8ClFN2O/c1-2-14-9-12-7-3-5(10)6(11)4-8(7)13-9/h3-4H,2H2,1H3,(H,12,13). The number of aromatic nitrogens is 2. The quantitative estimate of drug-likeness (QED) is 0.835. The number of imidazole rings is 1. The van der Waals surface area contributed by atoms with Gasteiger partial charge in [0.1, 0.15) is 5.82 Å². The first-order valence-electron chi connectivity index (χ1n) is 4.18. The van der Waals surface area contributed by atoms with Crippen molar-refractivity contribution in [2.75, 3.05) is 6.61 Å². The molecule has 0 fully saturated rings. The number of benzene rings is 1. The molecule has 14 heavy (non-hydrogen) atoms. The molecular weight excluding hydrogens is 207 g/mol. The largest absolute Gasteiger partial charge is 0.465 e. The normalized spacial score (nSPS) is 10.8. The van der Waals surface area contributed by atoms with E-state index in [0.717, 1.165) is 0 Å². The number of nitrogens with zero attached hydrogens (tertiary/aromatic N) is 1. The Morgan fingerprint density at radius 1 is 1.57 bits per heavy atom. The summed E-state index contributed by atoms with van der Waals surface area (Å²) in [6.45, 7) is 2.36. The van der Waals surface area contributed by atoms with Crippen molar-refractivity contribution in [1.82, 2.24) is 9.97 Å². The lowest BCUT2D eigenvalue weighted by molar-refractivity contribution is 0.317. The lowest BCUT2D eigenvalue weighted by Crippen LogP contribution is -1.92. The maximum Gasteiger partial charge on any atom is 0.294 e. The number of hydrogen-bond acceptors (Lipinski definition) is 2. The fraction of sp³-hybridized carbons (Fsp3) is 0.222. The third-order valence-electron chi connectivity index (χ3n) is 1.78. The Balaban J connectivity index is 2.54. The topological polar surface area (TPSA) is 37.9 Å². The summed E-state index contributed by atoms with van der Waals surface area (Å²) in [5.74, 6) is -0.467. The summed E-state index contributed by atoms with van der Waals surface area (Å²) < 4.78 is 18.2. The van der Waals surface area contributed by atoms with Crippen molar-refractivity contribution in [1.29, 1.82) is 0 Å². The first kappa shape index (κ1) is 9.27. The average molecular weight is 215 g/mol. The van der Waals surface area contributed by atoms with Crippen molar-refractivity contribution in [3.63, 3.8) is 0 Å². The monoisotopic (exact) mass is 214 g/mol. The van der Waals surface area contributed by atoms with Crippen LogP contribution in [0.1, 0.15) is 6.92 Å². The van der Waals surface area contributed by atoms with E-state index in [1.54, 1.807) is 0 Å².